The van der Waals surface area contributed by atoms with Crippen LogP contribution in [0.1, 0.15) is 23.0 Å². The number of nitrogens with one attached hydrogen (secondary N) is 2. The first kappa shape index (κ1) is 18.3. The smallest absolute Gasteiger partial charge is 0.237 e. The molecule has 1 fully saturated rings. The van der Waals surface area contributed by atoms with Crippen molar-refractivity contribution in [3.8, 4) is 11.5 Å². The number of benzene rings is 2. The van der Waals surface area contributed by atoms with Crippen molar-refractivity contribution in [2.24, 2.45) is 0 Å². The van der Waals surface area contributed by atoms with Crippen LogP contribution in [0.5, 0.6) is 11.5 Å². The minimum atomic E-state index is -0.631. The molecule has 2 unspecified atom stereocenters. The van der Waals surface area contributed by atoms with Crippen molar-refractivity contribution in [1.29, 1.82) is 0 Å². The molecule has 4 aromatic rings. The number of carbonyl (C=O) groups is 2. The molecular weight excluding hydrogens is 382 g/mol. The van der Waals surface area contributed by atoms with Crippen molar-refractivity contribution >= 4 is 33.6 Å². The van der Waals surface area contributed by atoms with Crippen molar-refractivity contribution in [2.75, 3.05) is 21.3 Å². The number of imide groups is 1. The first-order valence-electron chi connectivity index (χ1n) is 9.65. The molecule has 2 amide bonds. The lowest BCUT2D eigenvalue weighted by Gasteiger charge is -2.15. The number of likely N-dealkylation sites (N-methyl/N-ethyl adjacent to an activating group) is 1. The van der Waals surface area contributed by atoms with Crippen LogP contribution in [0.3, 0.4) is 0 Å². The molecule has 7 nitrogen and oxygen atoms in total. The van der Waals surface area contributed by atoms with Crippen LogP contribution in [0, 0.1) is 0 Å². The molecule has 0 aliphatic carbocycles. The highest BCUT2D eigenvalue weighted by Crippen LogP contribution is 2.46. The van der Waals surface area contributed by atoms with E-state index in [1.165, 1.54) is 4.90 Å². The third-order valence-electron chi connectivity index (χ3n) is 6.04. The molecule has 2 atom stereocenters. The summed E-state index contributed by atoms with van der Waals surface area (Å²) in [5, 5.41) is 1.75. The maximum atomic E-state index is 13.2. The highest BCUT2D eigenvalue weighted by atomic mass is 16.5. The molecule has 3 heterocycles. The predicted octanol–water partition coefficient (Wildman–Crippen LogP) is 3.53. The lowest BCUT2D eigenvalue weighted by atomic mass is 9.83. The first-order chi connectivity index (χ1) is 14.5. The monoisotopic (exact) mass is 403 g/mol. The van der Waals surface area contributed by atoms with Gasteiger partial charge in [0, 0.05) is 41.2 Å². The first-order valence-corrected chi connectivity index (χ1v) is 9.65. The fourth-order valence-corrected chi connectivity index (χ4v) is 4.45. The Kier molecular flexibility index (Phi) is 4.06. The van der Waals surface area contributed by atoms with Gasteiger partial charge in [0.1, 0.15) is 11.5 Å². The molecule has 1 aliphatic rings. The van der Waals surface area contributed by atoms with E-state index in [1.54, 1.807) is 21.3 Å². The van der Waals surface area contributed by atoms with Crippen LogP contribution in [0.4, 0.5) is 0 Å². The molecule has 152 valence electrons. The number of amides is 2. The standard InChI is InChI=1S/C23H21N3O4/c1-26-22(27)20(16-10-24-18-6-4-12(29-2)8-14(16)18)21(23(26)28)17-11-25-19-7-5-13(30-3)9-15(17)19/h4-11,20-21,24-25H,1-3H3. The van der Waals surface area contributed by atoms with E-state index in [0.29, 0.717) is 11.5 Å². The molecule has 0 spiro atoms. The van der Waals surface area contributed by atoms with Gasteiger partial charge in [0.05, 0.1) is 26.1 Å². The van der Waals surface area contributed by atoms with E-state index >= 15 is 0 Å². The molecule has 2 aromatic carbocycles. The summed E-state index contributed by atoms with van der Waals surface area (Å²) < 4.78 is 10.7. The second-order valence-electron chi connectivity index (χ2n) is 7.50. The number of carbonyl (C=O) groups excluding carboxylic acids is 2. The van der Waals surface area contributed by atoms with Crippen LogP contribution in [-0.4, -0.2) is 47.9 Å². The second-order valence-corrected chi connectivity index (χ2v) is 7.50. The summed E-state index contributed by atoms with van der Waals surface area (Å²) >= 11 is 0. The number of aromatic amines is 2. The summed E-state index contributed by atoms with van der Waals surface area (Å²) in [6.07, 6.45) is 3.64. The number of fused-ring (bicyclic) bond motifs is 2. The van der Waals surface area contributed by atoms with E-state index in [9.17, 15) is 9.59 Å². The molecule has 2 N–H and O–H groups in total. The molecule has 0 bridgehead atoms. The molecule has 2 aromatic heterocycles. The number of nitrogens with zero attached hydrogens (tertiary/aromatic N) is 1. The average Bonchev–Trinajstić information content (AvgIpc) is 3.43. The largest absolute Gasteiger partial charge is 0.497 e. The fourth-order valence-electron chi connectivity index (χ4n) is 4.45. The molecule has 5 rings (SSSR count). The number of rotatable bonds is 4. The summed E-state index contributed by atoms with van der Waals surface area (Å²) in [5.74, 6) is -0.303. The molecule has 30 heavy (non-hydrogen) atoms. The third kappa shape index (κ3) is 2.51. The van der Waals surface area contributed by atoms with Gasteiger partial charge in [-0.15, -0.1) is 0 Å². The molecule has 0 saturated carbocycles. The van der Waals surface area contributed by atoms with E-state index in [0.717, 1.165) is 32.9 Å². The van der Waals surface area contributed by atoms with E-state index in [1.807, 2.05) is 48.8 Å². The molecular formula is C23H21N3O4. The van der Waals surface area contributed by atoms with Gasteiger partial charge in [-0.2, -0.15) is 0 Å². The zero-order valence-electron chi connectivity index (χ0n) is 16.9. The molecule has 7 heteroatoms. The van der Waals surface area contributed by atoms with Gasteiger partial charge in [0.25, 0.3) is 0 Å². The lowest BCUT2D eigenvalue weighted by Crippen LogP contribution is -2.25. The maximum absolute atomic E-state index is 13.2. The van der Waals surface area contributed by atoms with Gasteiger partial charge in [0.2, 0.25) is 11.8 Å². The summed E-state index contributed by atoms with van der Waals surface area (Å²) in [7, 11) is 4.75. The van der Waals surface area contributed by atoms with Gasteiger partial charge < -0.3 is 19.4 Å². The van der Waals surface area contributed by atoms with Crippen LogP contribution in [0.15, 0.2) is 48.8 Å². The Bertz CT molecular complexity index is 1200. The maximum Gasteiger partial charge on any atom is 0.237 e. The van der Waals surface area contributed by atoms with Crippen LogP contribution in [-0.2, 0) is 9.59 Å². The van der Waals surface area contributed by atoms with Crippen LogP contribution >= 0.6 is 0 Å². The zero-order chi connectivity index (χ0) is 21.0. The van der Waals surface area contributed by atoms with Crippen molar-refractivity contribution < 1.29 is 19.1 Å². The van der Waals surface area contributed by atoms with E-state index in [4.69, 9.17) is 9.47 Å². The van der Waals surface area contributed by atoms with Gasteiger partial charge in [-0.1, -0.05) is 0 Å². The van der Waals surface area contributed by atoms with E-state index in [-0.39, 0.29) is 11.8 Å². The summed E-state index contributed by atoms with van der Waals surface area (Å²) in [4.78, 5) is 34.1. The Morgan fingerprint density at radius 3 is 1.60 bits per heavy atom. The molecule has 0 radical (unpaired) electrons. The van der Waals surface area contributed by atoms with Crippen molar-refractivity contribution in [2.45, 2.75) is 11.8 Å². The van der Waals surface area contributed by atoms with Crippen LogP contribution < -0.4 is 9.47 Å². The number of hydrogen-bond donors (Lipinski definition) is 2. The van der Waals surface area contributed by atoms with Crippen LogP contribution in [0.25, 0.3) is 21.8 Å². The Morgan fingerprint density at radius 2 is 1.20 bits per heavy atom. The van der Waals surface area contributed by atoms with E-state index < -0.39 is 11.8 Å². The van der Waals surface area contributed by atoms with Gasteiger partial charge in [-0.05, 0) is 47.5 Å². The fraction of sp³-hybridized carbons (Fsp3) is 0.217. The normalized spacial score (nSPS) is 19.2. The van der Waals surface area contributed by atoms with Gasteiger partial charge in [0.15, 0.2) is 0 Å². The highest BCUT2D eigenvalue weighted by molar-refractivity contribution is 6.12. The molecule has 1 saturated heterocycles. The zero-order valence-corrected chi connectivity index (χ0v) is 16.9. The SMILES string of the molecule is COc1ccc2[nH]cc(C3C(=O)N(C)C(=O)C3c3c[nH]c4ccc(OC)cc34)c2c1. The Balaban J connectivity index is 1.71. The third-order valence-corrected chi connectivity index (χ3v) is 6.04. The number of hydrogen-bond acceptors (Lipinski definition) is 4. The second kappa shape index (κ2) is 6.66. The molecule has 1 aliphatic heterocycles. The van der Waals surface area contributed by atoms with Crippen molar-refractivity contribution in [1.82, 2.24) is 14.9 Å². The predicted molar refractivity (Wildman–Crippen MR) is 113 cm³/mol. The van der Waals surface area contributed by atoms with Gasteiger partial charge in [-0.25, -0.2) is 0 Å². The number of aromatic nitrogens is 2. The van der Waals surface area contributed by atoms with Gasteiger partial charge in [-0.3, -0.25) is 14.5 Å². The lowest BCUT2D eigenvalue weighted by molar-refractivity contribution is -0.137. The minimum absolute atomic E-state index is 0.217. The number of methoxy groups -OCH3 is 2. The number of likely N-dealkylation sites (tertiary alicyclic amines) is 1. The summed E-state index contributed by atoms with van der Waals surface area (Å²) in [5.41, 5.74) is 3.35. The average molecular weight is 403 g/mol. The van der Waals surface area contributed by atoms with Crippen molar-refractivity contribution in [3.63, 3.8) is 0 Å². The Labute approximate surface area is 172 Å². The Hall–Kier alpha value is -3.74. The highest BCUT2D eigenvalue weighted by Gasteiger charge is 2.49. The number of ether oxygens (including phenoxy) is 2. The van der Waals surface area contributed by atoms with Crippen LogP contribution in [0.2, 0.25) is 0 Å². The Morgan fingerprint density at radius 1 is 0.767 bits per heavy atom. The summed E-state index contributed by atoms with van der Waals surface area (Å²) in [6.45, 7) is 0. The van der Waals surface area contributed by atoms with Crippen molar-refractivity contribution in [3.05, 3.63) is 59.9 Å². The topological polar surface area (TPSA) is 87.4 Å². The summed E-state index contributed by atoms with van der Waals surface area (Å²) in [6, 6.07) is 11.3. The quantitative estimate of drug-likeness (QED) is 0.510. The van der Waals surface area contributed by atoms with Gasteiger partial charge >= 0.3 is 0 Å². The number of H-pyrrole nitrogens is 2. The minimum Gasteiger partial charge on any atom is -0.497 e. The van der Waals surface area contributed by atoms with E-state index in [2.05, 4.69) is 9.97 Å².